The van der Waals surface area contributed by atoms with Gasteiger partial charge in [-0.3, -0.25) is 4.79 Å². The fraction of sp³-hybridized carbons (Fsp3) is 0.417. The van der Waals surface area contributed by atoms with Crippen LogP contribution in [-0.4, -0.2) is 30.9 Å². The summed E-state index contributed by atoms with van der Waals surface area (Å²) >= 11 is 0. The van der Waals surface area contributed by atoms with Gasteiger partial charge in [0.15, 0.2) is 0 Å². The second-order valence-electron chi connectivity index (χ2n) is 3.58. The average molecular weight is 224 g/mol. The van der Waals surface area contributed by atoms with Crippen LogP contribution < -0.4 is 4.74 Å². The molecule has 0 heterocycles. The minimum absolute atomic E-state index is 0.0109. The van der Waals surface area contributed by atoms with Crippen LogP contribution >= 0.6 is 0 Å². The van der Waals surface area contributed by atoms with E-state index in [1.54, 1.807) is 31.4 Å². The molecule has 1 N–H and O–H groups in total. The van der Waals surface area contributed by atoms with Crippen molar-refractivity contribution in [3.05, 3.63) is 29.8 Å². The van der Waals surface area contributed by atoms with Gasteiger partial charge in [0.05, 0.1) is 12.5 Å². The second-order valence-corrected chi connectivity index (χ2v) is 3.58. The molecule has 1 atom stereocenters. The van der Waals surface area contributed by atoms with E-state index in [9.17, 15) is 4.79 Å². The minimum atomic E-state index is -0.845. The topological polar surface area (TPSA) is 55.8 Å². The van der Waals surface area contributed by atoms with Crippen molar-refractivity contribution in [3.8, 4) is 5.75 Å². The first-order valence-electron chi connectivity index (χ1n) is 5.08. The summed E-state index contributed by atoms with van der Waals surface area (Å²) in [6.07, 6.45) is 0.0277. The Hall–Kier alpha value is -1.55. The van der Waals surface area contributed by atoms with Crippen molar-refractivity contribution in [2.45, 2.75) is 19.4 Å². The van der Waals surface area contributed by atoms with Crippen LogP contribution in [0.4, 0.5) is 0 Å². The molecule has 88 valence electrons. The van der Waals surface area contributed by atoms with Gasteiger partial charge in [-0.05, 0) is 24.6 Å². The Morgan fingerprint density at radius 1 is 1.50 bits per heavy atom. The van der Waals surface area contributed by atoms with Crippen LogP contribution in [-0.2, 0) is 16.0 Å². The van der Waals surface area contributed by atoms with Gasteiger partial charge in [-0.1, -0.05) is 12.1 Å². The van der Waals surface area contributed by atoms with Gasteiger partial charge in [0.1, 0.15) is 12.4 Å². The fourth-order valence-corrected chi connectivity index (χ4v) is 1.20. The molecule has 0 spiro atoms. The SMILES string of the molecule is COC(C)COc1cccc(CC(=O)O)c1. The summed E-state index contributed by atoms with van der Waals surface area (Å²) in [5.41, 5.74) is 0.732. The fourth-order valence-electron chi connectivity index (χ4n) is 1.20. The molecular formula is C12H16O4. The van der Waals surface area contributed by atoms with Crippen molar-refractivity contribution in [1.82, 2.24) is 0 Å². The number of rotatable bonds is 6. The van der Waals surface area contributed by atoms with E-state index >= 15 is 0 Å². The Morgan fingerprint density at radius 3 is 2.88 bits per heavy atom. The number of hydrogen-bond donors (Lipinski definition) is 1. The van der Waals surface area contributed by atoms with Crippen molar-refractivity contribution >= 4 is 5.97 Å². The van der Waals surface area contributed by atoms with Gasteiger partial charge in [0.25, 0.3) is 0 Å². The maximum atomic E-state index is 10.5. The first-order chi connectivity index (χ1) is 7.61. The van der Waals surface area contributed by atoms with Crippen molar-refractivity contribution in [1.29, 1.82) is 0 Å². The first kappa shape index (κ1) is 12.5. The molecule has 0 aromatic heterocycles. The lowest BCUT2D eigenvalue weighted by Crippen LogP contribution is -2.16. The van der Waals surface area contributed by atoms with E-state index in [-0.39, 0.29) is 12.5 Å². The van der Waals surface area contributed by atoms with Crippen LogP contribution in [0.5, 0.6) is 5.75 Å². The Labute approximate surface area is 94.8 Å². The molecular weight excluding hydrogens is 208 g/mol. The maximum absolute atomic E-state index is 10.5. The molecule has 0 aliphatic carbocycles. The molecule has 1 aromatic carbocycles. The van der Waals surface area contributed by atoms with E-state index in [4.69, 9.17) is 14.6 Å². The summed E-state index contributed by atoms with van der Waals surface area (Å²) in [6.45, 7) is 2.36. The number of hydrogen-bond acceptors (Lipinski definition) is 3. The largest absolute Gasteiger partial charge is 0.491 e. The van der Waals surface area contributed by atoms with E-state index in [2.05, 4.69) is 0 Å². The van der Waals surface area contributed by atoms with Crippen molar-refractivity contribution in [2.75, 3.05) is 13.7 Å². The number of methoxy groups -OCH3 is 1. The molecule has 0 saturated heterocycles. The van der Waals surface area contributed by atoms with Crippen LogP contribution in [0.1, 0.15) is 12.5 Å². The second kappa shape index (κ2) is 6.12. The highest BCUT2D eigenvalue weighted by molar-refractivity contribution is 5.70. The van der Waals surface area contributed by atoms with Gasteiger partial charge in [-0.15, -0.1) is 0 Å². The number of carboxylic acids is 1. The van der Waals surface area contributed by atoms with E-state index in [1.807, 2.05) is 6.92 Å². The summed E-state index contributed by atoms with van der Waals surface area (Å²) in [5.74, 6) is -0.176. The number of ether oxygens (including phenoxy) is 2. The van der Waals surface area contributed by atoms with Crippen LogP contribution in [0.3, 0.4) is 0 Å². The molecule has 0 aliphatic heterocycles. The number of carboxylic acid groups (broad SMARTS) is 1. The summed E-state index contributed by atoms with van der Waals surface area (Å²) in [5, 5.41) is 8.65. The van der Waals surface area contributed by atoms with E-state index < -0.39 is 5.97 Å². The predicted octanol–water partition coefficient (Wildman–Crippen LogP) is 1.73. The van der Waals surface area contributed by atoms with Gasteiger partial charge in [-0.2, -0.15) is 0 Å². The minimum Gasteiger partial charge on any atom is -0.491 e. The molecule has 4 nitrogen and oxygen atoms in total. The van der Waals surface area contributed by atoms with Gasteiger partial charge in [0, 0.05) is 7.11 Å². The highest BCUT2D eigenvalue weighted by Gasteiger charge is 2.04. The number of benzene rings is 1. The van der Waals surface area contributed by atoms with Crippen LogP contribution in [0.15, 0.2) is 24.3 Å². The van der Waals surface area contributed by atoms with Crippen LogP contribution in [0, 0.1) is 0 Å². The summed E-state index contributed by atoms with van der Waals surface area (Å²) < 4.78 is 10.5. The maximum Gasteiger partial charge on any atom is 0.307 e. The van der Waals surface area contributed by atoms with Crippen LogP contribution in [0.2, 0.25) is 0 Å². The standard InChI is InChI=1S/C12H16O4/c1-9(15-2)8-16-11-5-3-4-10(6-11)7-12(13)14/h3-6,9H,7-8H2,1-2H3,(H,13,14). The molecule has 1 aromatic rings. The molecule has 0 saturated carbocycles. The Morgan fingerprint density at radius 2 is 2.25 bits per heavy atom. The van der Waals surface area contributed by atoms with E-state index in [1.165, 1.54) is 0 Å². The lowest BCUT2D eigenvalue weighted by molar-refractivity contribution is -0.136. The lowest BCUT2D eigenvalue weighted by atomic mass is 10.1. The summed E-state index contributed by atoms with van der Waals surface area (Å²) in [6, 6.07) is 7.08. The molecule has 1 rings (SSSR count). The molecule has 0 fully saturated rings. The van der Waals surface area contributed by atoms with Crippen molar-refractivity contribution in [3.63, 3.8) is 0 Å². The number of carbonyl (C=O) groups is 1. The lowest BCUT2D eigenvalue weighted by Gasteiger charge is -2.11. The van der Waals surface area contributed by atoms with Crippen molar-refractivity contribution < 1.29 is 19.4 Å². The number of aliphatic carboxylic acids is 1. The first-order valence-corrected chi connectivity index (χ1v) is 5.08. The highest BCUT2D eigenvalue weighted by atomic mass is 16.5. The van der Waals surface area contributed by atoms with Gasteiger partial charge in [0.2, 0.25) is 0 Å². The Kier molecular flexibility index (Phi) is 4.79. The Balaban J connectivity index is 2.56. The predicted molar refractivity (Wildman–Crippen MR) is 59.7 cm³/mol. The summed E-state index contributed by atoms with van der Waals surface area (Å²) in [4.78, 5) is 10.5. The van der Waals surface area contributed by atoms with E-state index in [0.717, 1.165) is 5.56 Å². The zero-order chi connectivity index (χ0) is 12.0. The average Bonchev–Trinajstić information content (AvgIpc) is 2.25. The normalized spacial score (nSPS) is 12.1. The van der Waals surface area contributed by atoms with Crippen molar-refractivity contribution in [2.24, 2.45) is 0 Å². The smallest absolute Gasteiger partial charge is 0.307 e. The third kappa shape index (κ3) is 4.31. The molecule has 0 aliphatic rings. The molecule has 0 bridgehead atoms. The molecule has 1 unspecified atom stereocenters. The quantitative estimate of drug-likeness (QED) is 0.799. The molecule has 0 radical (unpaired) electrons. The molecule has 16 heavy (non-hydrogen) atoms. The zero-order valence-corrected chi connectivity index (χ0v) is 9.47. The Bertz CT molecular complexity index is 349. The van der Waals surface area contributed by atoms with Crippen LogP contribution in [0.25, 0.3) is 0 Å². The zero-order valence-electron chi connectivity index (χ0n) is 9.47. The third-order valence-electron chi connectivity index (χ3n) is 2.14. The monoisotopic (exact) mass is 224 g/mol. The third-order valence-corrected chi connectivity index (χ3v) is 2.14. The van der Waals surface area contributed by atoms with E-state index in [0.29, 0.717) is 12.4 Å². The molecule has 4 heteroatoms. The van der Waals surface area contributed by atoms with Gasteiger partial charge in [-0.25, -0.2) is 0 Å². The highest BCUT2D eigenvalue weighted by Crippen LogP contribution is 2.14. The molecule has 0 amide bonds. The van der Waals surface area contributed by atoms with Gasteiger partial charge >= 0.3 is 5.97 Å². The summed E-state index contributed by atoms with van der Waals surface area (Å²) in [7, 11) is 1.62. The van der Waals surface area contributed by atoms with Gasteiger partial charge < -0.3 is 14.6 Å².